The zero-order valence-corrected chi connectivity index (χ0v) is 25.9. The molecule has 0 aliphatic carbocycles. The van der Waals surface area contributed by atoms with Gasteiger partial charge in [-0.3, -0.25) is 4.79 Å². The van der Waals surface area contributed by atoms with Crippen molar-refractivity contribution in [2.75, 3.05) is 7.11 Å². The normalized spacial score (nSPS) is 10.0. The van der Waals surface area contributed by atoms with Crippen LogP contribution in [0.25, 0.3) is 33.4 Å². The number of Topliss-reactive ketones (excluding diaryl/α,β-unsaturated/α-hetero) is 1. The third kappa shape index (κ3) is 9.19. The molecule has 0 heterocycles. The smallest absolute Gasteiger partial charge is 0.163 e. The van der Waals surface area contributed by atoms with Gasteiger partial charge in [0.1, 0.15) is 17.2 Å². The Hall–Kier alpha value is -5.61. The molecule has 6 aromatic rings. The second-order valence-electron chi connectivity index (χ2n) is 10.3. The summed E-state index contributed by atoms with van der Waals surface area (Å²) in [7, 11) is 1.68. The number of aromatic hydroxyl groups is 2. The number of phenolic OH excluding ortho intramolecular Hbond substituents is 2. The fraction of sp³-hybridized carbons (Fsp3) is 0.0976. The average molecular weight is 595 g/mol. The van der Waals surface area contributed by atoms with Crippen molar-refractivity contribution < 1.29 is 19.7 Å². The van der Waals surface area contributed by atoms with E-state index < -0.39 is 0 Å². The molecule has 0 fully saturated rings. The predicted molar refractivity (Wildman–Crippen MR) is 185 cm³/mol. The van der Waals surface area contributed by atoms with Gasteiger partial charge < -0.3 is 14.9 Å². The molecule has 0 amide bonds. The quantitative estimate of drug-likeness (QED) is 0.188. The van der Waals surface area contributed by atoms with E-state index in [9.17, 15) is 15.0 Å². The molecule has 0 atom stereocenters. The van der Waals surface area contributed by atoms with Gasteiger partial charge in [0.25, 0.3) is 0 Å². The number of ketones is 1. The molecule has 0 spiro atoms. The lowest BCUT2D eigenvalue weighted by Crippen LogP contribution is -1.92. The van der Waals surface area contributed by atoms with E-state index in [4.69, 9.17) is 4.74 Å². The van der Waals surface area contributed by atoms with Crippen LogP contribution in [0.1, 0.15) is 29.8 Å². The zero-order valence-electron chi connectivity index (χ0n) is 25.9. The van der Waals surface area contributed by atoms with Gasteiger partial charge in [-0.05, 0) is 82.6 Å². The van der Waals surface area contributed by atoms with Crippen LogP contribution in [0.3, 0.4) is 0 Å². The summed E-state index contributed by atoms with van der Waals surface area (Å²) in [5.74, 6) is 1.19. The van der Waals surface area contributed by atoms with E-state index in [1.54, 1.807) is 19.2 Å². The molecule has 0 saturated heterocycles. The van der Waals surface area contributed by atoms with E-state index in [0.717, 1.165) is 40.0 Å². The number of ether oxygens (including phenoxy) is 1. The predicted octanol–water partition coefficient (Wildman–Crippen LogP) is 10.2. The van der Waals surface area contributed by atoms with Crippen LogP contribution in [-0.4, -0.2) is 23.1 Å². The Morgan fingerprint density at radius 3 is 1.40 bits per heavy atom. The standard InChI is InChI=1S/C14H12O2.C14H14O.C13H12O/c1-10(15)13-8-7-12(9-14(13)16)11-5-3-2-4-6-11;1-2-11-8-9-13(10-14(11)15)12-6-4-3-5-7-12;1-14-13-9-5-8-12(10-13)11-6-3-2-4-7-11/h2-9,16H,1H3;3-10,15H,2H2,1H3;2-10H,1H3. The molecule has 0 bridgehead atoms. The van der Waals surface area contributed by atoms with Gasteiger partial charge in [-0.15, -0.1) is 0 Å². The van der Waals surface area contributed by atoms with Crippen LogP contribution in [0.15, 0.2) is 152 Å². The average Bonchev–Trinajstić information content (AvgIpc) is 3.10. The third-order valence-electron chi connectivity index (χ3n) is 7.23. The Balaban J connectivity index is 0.000000154. The number of methoxy groups -OCH3 is 1. The Kier molecular flexibility index (Phi) is 11.7. The van der Waals surface area contributed by atoms with Gasteiger partial charge >= 0.3 is 0 Å². The van der Waals surface area contributed by atoms with Gasteiger partial charge in [-0.1, -0.05) is 128 Å². The molecule has 4 heteroatoms. The van der Waals surface area contributed by atoms with Crippen LogP contribution in [0.2, 0.25) is 0 Å². The topological polar surface area (TPSA) is 66.8 Å². The van der Waals surface area contributed by atoms with E-state index in [-0.39, 0.29) is 11.5 Å². The first-order chi connectivity index (χ1) is 21.9. The molecule has 0 aliphatic heterocycles. The number of benzene rings is 6. The minimum atomic E-state index is -0.128. The maximum atomic E-state index is 11.2. The first-order valence-electron chi connectivity index (χ1n) is 14.9. The Morgan fingerprint density at radius 2 is 0.978 bits per heavy atom. The molecule has 2 N–H and O–H groups in total. The van der Waals surface area contributed by atoms with Gasteiger partial charge in [-0.25, -0.2) is 0 Å². The number of aryl methyl sites for hydroxylation is 1. The number of hydrogen-bond donors (Lipinski definition) is 2. The van der Waals surface area contributed by atoms with Gasteiger partial charge in [0.15, 0.2) is 5.78 Å². The highest BCUT2D eigenvalue weighted by atomic mass is 16.5. The summed E-state index contributed by atoms with van der Waals surface area (Å²) in [6.45, 7) is 3.48. The highest BCUT2D eigenvalue weighted by Crippen LogP contribution is 2.28. The van der Waals surface area contributed by atoms with Crippen molar-refractivity contribution in [3.05, 3.63) is 163 Å². The highest BCUT2D eigenvalue weighted by Gasteiger charge is 2.07. The summed E-state index contributed by atoms with van der Waals surface area (Å²) in [6.07, 6.45) is 0.862. The number of rotatable bonds is 6. The molecule has 226 valence electrons. The number of carbonyl (C=O) groups excluding carboxylic acids is 1. The van der Waals surface area contributed by atoms with Crippen LogP contribution in [0.4, 0.5) is 0 Å². The third-order valence-corrected chi connectivity index (χ3v) is 7.23. The molecule has 0 radical (unpaired) electrons. The minimum absolute atomic E-state index is 0.0360. The SMILES string of the molecule is CC(=O)c1ccc(-c2ccccc2)cc1O.CCc1ccc(-c2ccccc2)cc1O.COc1cccc(-c2ccccc2)c1. The zero-order chi connectivity index (χ0) is 32.0. The summed E-state index contributed by atoms with van der Waals surface area (Å²) in [5.41, 5.74) is 7.88. The summed E-state index contributed by atoms with van der Waals surface area (Å²) in [6, 6.07) is 49.1. The van der Waals surface area contributed by atoms with E-state index in [1.807, 2.05) is 128 Å². The largest absolute Gasteiger partial charge is 0.508 e. The summed E-state index contributed by atoms with van der Waals surface area (Å²) in [5, 5.41) is 19.5. The fourth-order valence-corrected chi connectivity index (χ4v) is 4.75. The van der Waals surface area contributed by atoms with E-state index in [0.29, 0.717) is 11.3 Å². The van der Waals surface area contributed by atoms with Crippen LogP contribution < -0.4 is 4.74 Å². The Morgan fingerprint density at radius 1 is 0.533 bits per heavy atom. The van der Waals surface area contributed by atoms with Crippen LogP contribution >= 0.6 is 0 Å². The van der Waals surface area contributed by atoms with Crippen molar-refractivity contribution in [1.29, 1.82) is 0 Å². The molecule has 6 rings (SSSR count). The Bertz CT molecular complexity index is 1800. The highest BCUT2D eigenvalue weighted by molar-refractivity contribution is 5.97. The molecule has 0 aliphatic rings. The first kappa shape index (κ1) is 32.3. The summed E-state index contributed by atoms with van der Waals surface area (Å²) >= 11 is 0. The van der Waals surface area contributed by atoms with Gasteiger partial charge in [-0.2, -0.15) is 0 Å². The lowest BCUT2D eigenvalue weighted by molar-refractivity contribution is 0.101. The Labute approximate surface area is 265 Å². The molecular weight excluding hydrogens is 556 g/mol. The summed E-state index contributed by atoms with van der Waals surface area (Å²) < 4.78 is 5.18. The number of phenols is 2. The van der Waals surface area contributed by atoms with Gasteiger partial charge in [0.05, 0.1) is 12.7 Å². The lowest BCUT2D eigenvalue weighted by Gasteiger charge is -2.05. The van der Waals surface area contributed by atoms with Crippen molar-refractivity contribution in [2.24, 2.45) is 0 Å². The van der Waals surface area contributed by atoms with Crippen LogP contribution in [0.5, 0.6) is 17.2 Å². The molecule has 0 saturated carbocycles. The summed E-state index contributed by atoms with van der Waals surface area (Å²) in [4.78, 5) is 11.2. The van der Waals surface area contributed by atoms with Crippen LogP contribution in [-0.2, 0) is 6.42 Å². The molecule has 45 heavy (non-hydrogen) atoms. The van der Waals surface area contributed by atoms with Gasteiger partial charge in [0.2, 0.25) is 0 Å². The second-order valence-corrected chi connectivity index (χ2v) is 10.3. The van der Waals surface area contributed by atoms with Crippen molar-refractivity contribution in [2.45, 2.75) is 20.3 Å². The monoisotopic (exact) mass is 594 g/mol. The molecule has 0 unspecified atom stereocenters. The van der Waals surface area contributed by atoms with E-state index in [1.165, 1.54) is 18.1 Å². The molecule has 6 aromatic carbocycles. The number of hydrogen-bond acceptors (Lipinski definition) is 4. The van der Waals surface area contributed by atoms with Crippen molar-refractivity contribution in [1.82, 2.24) is 0 Å². The van der Waals surface area contributed by atoms with E-state index in [2.05, 4.69) is 18.2 Å². The first-order valence-corrected chi connectivity index (χ1v) is 14.9. The van der Waals surface area contributed by atoms with Crippen molar-refractivity contribution in [3.8, 4) is 50.6 Å². The van der Waals surface area contributed by atoms with Crippen molar-refractivity contribution >= 4 is 5.78 Å². The van der Waals surface area contributed by atoms with Crippen molar-refractivity contribution in [3.63, 3.8) is 0 Å². The maximum absolute atomic E-state index is 11.2. The van der Waals surface area contributed by atoms with Crippen LogP contribution in [0, 0.1) is 0 Å². The molecular formula is C41H38O4. The lowest BCUT2D eigenvalue weighted by atomic mass is 10.0. The fourth-order valence-electron chi connectivity index (χ4n) is 4.75. The minimum Gasteiger partial charge on any atom is -0.508 e. The number of carbonyl (C=O) groups is 1. The molecule has 4 nitrogen and oxygen atoms in total. The maximum Gasteiger partial charge on any atom is 0.163 e. The van der Waals surface area contributed by atoms with E-state index >= 15 is 0 Å². The molecule has 0 aromatic heterocycles. The van der Waals surface area contributed by atoms with Gasteiger partial charge in [0, 0.05) is 0 Å². The second kappa shape index (κ2) is 16.3.